The van der Waals surface area contributed by atoms with Crippen molar-refractivity contribution in [3.05, 3.63) is 99.8 Å². The molecule has 5 aromatic rings. The number of methoxy groups -OCH3 is 1. The lowest BCUT2D eigenvalue weighted by molar-refractivity contribution is 0.414. The molecule has 0 aliphatic rings. The van der Waals surface area contributed by atoms with Crippen molar-refractivity contribution in [3.8, 4) is 5.75 Å². The fourth-order valence-corrected chi connectivity index (χ4v) is 4.62. The van der Waals surface area contributed by atoms with Gasteiger partial charge >= 0.3 is 0 Å². The molecular weight excluding hydrogens is 446 g/mol. The van der Waals surface area contributed by atoms with Crippen LogP contribution in [0.1, 0.15) is 11.1 Å². The van der Waals surface area contributed by atoms with Crippen molar-refractivity contribution < 1.29 is 17.9 Å². The molecule has 0 N–H and O–H groups in total. The Morgan fingerprint density at radius 3 is 2.58 bits per heavy atom. The summed E-state index contributed by atoms with van der Waals surface area (Å²) in [6, 6.07) is 18.1. The molecule has 0 aliphatic heterocycles. The number of aromatic nitrogens is 2. The molecule has 3 aromatic carbocycles. The van der Waals surface area contributed by atoms with Crippen molar-refractivity contribution in [3.63, 3.8) is 0 Å². The van der Waals surface area contributed by atoms with Crippen molar-refractivity contribution in [2.45, 2.75) is 17.5 Å². The van der Waals surface area contributed by atoms with E-state index in [1.54, 1.807) is 13.2 Å². The van der Waals surface area contributed by atoms with Gasteiger partial charge in [0.1, 0.15) is 28.5 Å². The zero-order valence-electron chi connectivity index (χ0n) is 17.5. The van der Waals surface area contributed by atoms with E-state index in [0.717, 1.165) is 17.0 Å². The molecule has 0 amide bonds. The van der Waals surface area contributed by atoms with E-state index >= 15 is 0 Å². The maximum Gasteiger partial charge on any atom is 0.298 e. The summed E-state index contributed by atoms with van der Waals surface area (Å²) in [7, 11) is 1.58. The molecule has 5 rings (SSSR count). The number of rotatable bonds is 6. The average Bonchev–Trinajstić information content (AvgIpc) is 3.18. The van der Waals surface area contributed by atoms with E-state index < -0.39 is 11.6 Å². The molecule has 0 bridgehead atoms. The molecule has 5 nitrogen and oxygen atoms in total. The summed E-state index contributed by atoms with van der Waals surface area (Å²) in [6.45, 7) is 0.232. The fourth-order valence-electron chi connectivity index (χ4n) is 3.70. The highest BCUT2D eigenvalue weighted by Gasteiger charge is 2.18. The first-order valence-electron chi connectivity index (χ1n) is 10.1. The first-order chi connectivity index (χ1) is 16.0. The number of halogens is 2. The molecule has 8 heteroatoms. The summed E-state index contributed by atoms with van der Waals surface area (Å²) in [5, 5.41) is 1.16. The Kier molecular flexibility index (Phi) is 5.60. The molecule has 2 heterocycles. The zero-order valence-corrected chi connectivity index (χ0v) is 18.4. The maximum atomic E-state index is 13.7. The third-order valence-electron chi connectivity index (χ3n) is 5.21. The second kappa shape index (κ2) is 8.71. The van der Waals surface area contributed by atoms with Crippen LogP contribution < -0.4 is 10.3 Å². The van der Waals surface area contributed by atoms with E-state index in [2.05, 4.69) is 0 Å². The number of nitrogens with zero attached hydrogens (tertiary/aromatic N) is 2. The standard InChI is InChI=1S/C25H18F2N2O3S/c1-31-19-6-4-5-15(11-19)13-29-24(30)23-22(20-7-2-3-8-21(20)32-23)28-25(29)33-14-16-9-17(26)12-18(27)10-16/h2-12H,13-14H2,1H3. The van der Waals surface area contributed by atoms with Gasteiger partial charge in [0.15, 0.2) is 5.16 Å². The number of fused-ring (bicyclic) bond motifs is 3. The largest absolute Gasteiger partial charge is 0.497 e. The second-order valence-corrected chi connectivity index (χ2v) is 8.42. The predicted molar refractivity (Wildman–Crippen MR) is 124 cm³/mol. The topological polar surface area (TPSA) is 57.3 Å². The van der Waals surface area contributed by atoms with Crippen molar-refractivity contribution in [2.75, 3.05) is 7.11 Å². The summed E-state index contributed by atoms with van der Waals surface area (Å²) in [6.07, 6.45) is 0. The molecule has 2 aromatic heterocycles. The van der Waals surface area contributed by atoms with Gasteiger partial charge in [0.2, 0.25) is 5.58 Å². The number of hydrogen-bond acceptors (Lipinski definition) is 5. The van der Waals surface area contributed by atoms with Crippen LogP contribution in [0.15, 0.2) is 81.1 Å². The van der Waals surface area contributed by atoms with Crippen LogP contribution in [0.4, 0.5) is 8.78 Å². The van der Waals surface area contributed by atoms with Crippen molar-refractivity contribution in [1.29, 1.82) is 0 Å². The van der Waals surface area contributed by atoms with E-state index in [1.807, 2.05) is 42.5 Å². The number of thioether (sulfide) groups is 1. The summed E-state index contributed by atoms with van der Waals surface area (Å²) in [4.78, 5) is 18.2. The summed E-state index contributed by atoms with van der Waals surface area (Å²) in [5.74, 6) is -0.393. The highest BCUT2D eigenvalue weighted by Crippen LogP contribution is 2.29. The van der Waals surface area contributed by atoms with Crippen LogP contribution in [0.2, 0.25) is 0 Å². The normalized spacial score (nSPS) is 11.4. The van der Waals surface area contributed by atoms with Crippen LogP contribution in [-0.4, -0.2) is 16.7 Å². The Balaban J connectivity index is 1.62. The van der Waals surface area contributed by atoms with E-state index in [-0.39, 0.29) is 23.4 Å². The van der Waals surface area contributed by atoms with Crippen LogP contribution in [0.5, 0.6) is 5.75 Å². The van der Waals surface area contributed by atoms with Crippen LogP contribution in [0, 0.1) is 11.6 Å². The van der Waals surface area contributed by atoms with Gasteiger partial charge in [-0.25, -0.2) is 13.8 Å². The smallest absolute Gasteiger partial charge is 0.298 e. The number of benzene rings is 3. The lowest BCUT2D eigenvalue weighted by atomic mass is 10.2. The first-order valence-corrected chi connectivity index (χ1v) is 11.1. The average molecular weight is 464 g/mol. The van der Waals surface area contributed by atoms with Crippen molar-refractivity contribution in [1.82, 2.24) is 9.55 Å². The minimum Gasteiger partial charge on any atom is -0.497 e. The molecule has 0 radical (unpaired) electrons. The van der Waals surface area contributed by atoms with Crippen LogP contribution >= 0.6 is 11.8 Å². The van der Waals surface area contributed by atoms with Gasteiger partial charge in [-0.05, 0) is 47.5 Å². The molecule has 0 unspecified atom stereocenters. The molecule has 33 heavy (non-hydrogen) atoms. The lowest BCUT2D eigenvalue weighted by Gasteiger charge is -2.12. The molecule has 0 aliphatic carbocycles. The highest BCUT2D eigenvalue weighted by atomic mass is 32.2. The van der Waals surface area contributed by atoms with Crippen LogP contribution in [0.3, 0.4) is 0 Å². The van der Waals surface area contributed by atoms with Gasteiger partial charge < -0.3 is 9.15 Å². The number of para-hydroxylation sites is 1. The third-order valence-corrected chi connectivity index (χ3v) is 6.26. The molecule has 0 spiro atoms. The van der Waals surface area contributed by atoms with Crippen molar-refractivity contribution in [2.24, 2.45) is 0 Å². The van der Waals surface area contributed by atoms with Crippen molar-refractivity contribution >= 4 is 33.8 Å². The molecular formula is C25H18F2N2O3S. The van der Waals surface area contributed by atoms with E-state index in [0.29, 0.717) is 27.6 Å². The number of hydrogen-bond donors (Lipinski definition) is 0. The van der Waals surface area contributed by atoms with Gasteiger partial charge in [-0.15, -0.1) is 0 Å². The zero-order chi connectivity index (χ0) is 22.9. The van der Waals surface area contributed by atoms with Gasteiger partial charge in [0.05, 0.1) is 13.7 Å². The monoisotopic (exact) mass is 464 g/mol. The van der Waals surface area contributed by atoms with Gasteiger partial charge in [0, 0.05) is 17.2 Å². The van der Waals surface area contributed by atoms with Gasteiger partial charge in [0.25, 0.3) is 5.56 Å². The Labute approximate surface area is 191 Å². The van der Waals surface area contributed by atoms with E-state index in [9.17, 15) is 13.6 Å². The Bertz CT molecular complexity index is 1520. The predicted octanol–water partition coefficient (Wildman–Crippen LogP) is 5.77. The van der Waals surface area contributed by atoms with Crippen LogP contribution in [-0.2, 0) is 12.3 Å². The minimum absolute atomic E-state index is 0.167. The van der Waals surface area contributed by atoms with Crippen LogP contribution in [0.25, 0.3) is 22.1 Å². The highest BCUT2D eigenvalue weighted by molar-refractivity contribution is 7.98. The van der Waals surface area contributed by atoms with Gasteiger partial charge in [-0.3, -0.25) is 9.36 Å². The fraction of sp³-hybridized carbons (Fsp3) is 0.120. The summed E-state index contributed by atoms with van der Waals surface area (Å²) in [5.41, 5.74) is 2.17. The minimum atomic E-state index is -0.649. The van der Waals surface area contributed by atoms with Gasteiger partial charge in [-0.2, -0.15) is 0 Å². The second-order valence-electron chi connectivity index (χ2n) is 7.48. The molecule has 0 atom stereocenters. The number of furan rings is 1. The number of ether oxygens (including phenoxy) is 1. The van der Waals surface area contributed by atoms with E-state index in [1.165, 1.54) is 28.5 Å². The quantitative estimate of drug-likeness (QED) is 0.236. The Hall–Kier alpha value is -3.65. The SMILES string of the molecule is COc1cccc(Cn2c(SCc3cc(F)cc(F)c3)nc3c(oc4ccccc43)c2=O)c1. The third kappa shape index (κ3) is 4.21. The molecule has 0 fully saturated rings. The maximum absolute atomic E-state index is 13.7. The van der Waals surface area contributed by atoms with Gasteiger partial charge in [-0.1, -0.05) is 36.0 Å². The summed E-state index contributed by atoms with van der Waals surface area (Å²) < 4.78 is 39.9. The molecule has 0 saturated carbocycles. The molecule has 0 saturated heterocycles. The Morgan fingerprint density at radius 2 is 1.79 bits per heavy atom. The summed E-state index contributed by atoms with van der Waals surface area (Å²) >= 11 is 1.23. The Morgan fingerprint density at radius 1 is 1.00 bits per heavy atom. The van der Waals surface area contributed by atoms with E-state index in [4.69, 9.17) is 14.1 Å². The first kappa shape index (κ1) is 21.2. The lowest BCUT2D eigenvalue weighted by Crippen LogP contribution is -2.23. The molecule has 166 valence electrons.